The SMILES string of the molecule is C=C1C(=O)O[C@@H]2[C@H]1CCC(C)=C1CC[C@@](C)(O)[C@@H]12. The van der Waals surface area contributed by atoms with E-state index in [9.17, 15) is 9.90 Å². The van der Waals surface area contributed by atoms with E-state index in [2.05, 4.69) is 13.5 Å². The Morgan fingerprint density at radius 1 is 1.44 bits per heavy atom. The van der Waals surface area contributed by atoms with E-state index in [4.69, 9.17) is 4.74 Å². The molecule has 98 valence electrons. The third-order valence-corrected chi connectivity index (χ3v) is 5.00. The highest BCUT2D eigenvalue weighted by Gasteiger charge is 2.54. The van der Waals surface area contributed by atoms with E-state index in [0.717, 1.165) is 25.7 Å². The molecule has 1 saturated carbocycles. The van der Waals surface area contributed by atoms with Gasteiger partial charge in [0.05, 0.1) is 5.60 Å². The van der Waals surface area contributed by atoms with Gasteiger partial charge < -0.3 is 9.84 Å². The van der Waals surface area contributed by atoms with Crippen LogP contribution in [0, 0.1) is 11.8 Å². The first-order valence-corrected chi connectivity index (χ1v) is 6.72. The topological polar surface area (TPSA) is 46.5 Å². The molecule has 3 aliphatic rings. The fourth-order valence-electron chi connectivity index (χ4n) is 3.91. The molecule has 0 bridgehead atoms. The number of rotatable bonds is 0. The van der Waals surface area contributed by atoms with Gasteiger partial charge in [0.1, 0.15) is 6.10 Å². The Labute approximate surface area is 108 Å². The molecule has 1 N–H and O–H groups in total. The summed E-state index contributed by atoms with van der Waals surface area (Å²) in [5.74, 6) is -0.223. The van der Waals surface area contributed by atoms with Crippen LogP contribution in [0.2, 0.25) is 0 Å². The van der Waals surface area contributed by atoms with Crippen molar-refractivity contribution in [2.24, 2.45) is 11.8 Å². The maximum Gasteiger partial charge on any atom is 0.334 e. The molecule has 3 rings (SSSR count). The van der Waals surface area contributed by atoms with E-state index in [1.807, 2.05) is 6.92 Å². The van der Waals surface area contributed by atoms with Crippen molar-refractivity contribution in [1.29, 1.82) is 0 Å². The highest BCUT2D eigenvalue weighted by atomic mass is 16.6. The Kier molecular flexibility index (Phi) is 2.46. The number of ether oxygens (including phenoxy) is 1. The molecule has 1 heterocycles. The predicted octanol–water partition coefficient (Wildman–Crippen LogP) is 2.36. The smallest absolute Gasteiger partial charge is 0.334 e. The minimum absolute atomic E-state index is 0.0341. The summed E-state index contributed by atoms with van der Waals surface area (Å²) < 4.78 is 5.52. The van der Waals surface area contributed by atoms with Gasteiger partial charge in [0.15, 0.2) is 0 Å². The van der Waals surface area contributed by atoms with Crippen LogP contribution in [-0.2, 0) is 9.53 Å². The Balaban J connectivity index is 2.06. The van der Waals surface area contributed by atoms with Gasteiger partial charge in [0.2, 0.25) is 0 Å². The maximum absolute atomic E-state index is 11.7. The van der Waals surface area contributed by atoms with Crippen molar-refractivity contribution in [2.45, 2.75) is 51.2 Å². The average molecular weight is 248 g/mol. The summed E-state index contributed by atoms with van der Waals surface area (Å²) >= 11 is 0. The van der Waals surface area contributed by atoms with Crippen LogP contribution in [-0.4, -0.2) is 22.8 Å². The molecule has 0 aromatic carbocycles. The second-order valence-electron chi connectivity index (χ2n) is 6.18. The summed E-state index contributed by atoms with van der Waals surface area (Å²) in [4.78, 5) is 11.7. The van der Waals surface area contributed by atoms with Crippen LogP contribution in [0.4, 0.5) is 0 Å². The van der Waals surface area contributed by atoms with Crippen molar-refractivity contribution in [3.05, 3.63) is 23.3 Å². The predicted molar refractivity (Wildman–Crippen MR) is 67.8 cm³/mol. The number of aliphatic hydroxyl groups is 1. The summed E-state index contributed by atoms with van der Waals surface area (Å²) in [6.45, 7) is 7.89. The van der Waals surface area contributed by atoms with Gasteiger partial charge in [-0.3, -0.25) is 0 Å². The van der Waals surface area contributed by atoms with Crippen molar-refractivity contribution in [2.75, 3.05) is 0 Å². The highest BCUT2D eigenvalue weighted by Crippen LogP contribution is 2.52. The quantitative estimate of drug-likeness (QED) is 0.406. The zero-order valence-electron chi connectivity index (χ0n) is 11.0. The summed E-state index contributed by atoms with van der Waals surface area (Å²) in [5.41, 5.74) is 2.53. The first kappa shape index (κ1) is 12.0. The van der Waals surface area contributed by atoms with Gasteiger partial charge in [-0.05, 0) is 39.5 Å². The fourth-order valence-corrected chi connectivity index (χ4v) is 3.91. The Morgan fingerprint density at radius 2 is 2.17 bits per heavy atom. The third kappa shape index (κ3) is 1.50. The monoisotopic (exact) mass is 248 g/mol. The van der Waals surface area contributed by atoms with Crippen LogP contribution < -0.4 is 0 Å². The van der Waals surface area contributed by atoms with Crippen molar-refractivity contribution < 1.29 is 14.6 Å². The van der Waals surface area contributed by atoms with Crippen LogP contribution in [0.5, 0.6) is 0 Å². The largest absolute Gasteiger partial charge is 0.458 e. The van der Waals surface area contributed by atoms with Gasteiger partial charge in [-0.15, -0.1) is 0 Å². The lowest BCUT2D eigenvalue weighted by molar-refractivity contribution is -0.144. The van der Waals surface area contributed by atoms with Crippen LogP contribution >= 0.6 is 0 Å². The van der Waals surface area contributed by atoms with E-state index in [0.29, 0.717) is 5.57 Å². The number of carbonyl (C=O) groups excluding carboxylic acids is 1. The van der Waals surface area contributed by atoms with E-state index >= 15 is 0 Å². The normalized spacial score (nSPS) is 43.6. The summed E-state index contributed by atoms with van der Waals surface area (Å²) in [7, 11) is 0. The number of hydrogen-bond acceptors (Lipinski definition) is 3. The molecule has 0 aromatic heterocycles. The van der Waals surface area contributed by atoms with E-state index in [1.54, 1.807) is 0 Å². The lowest BCUT2D eigenvalue weighted by atomic mass is 9.79. The first-order valence-electron chi connectivity index (χ1n) is 6.72. The van der Waals surface area contributed by atoms with Crippen LogP contribution in [0.3, 0.4) is 0 Å². The van der Waals surface area contributed by atoms with Gasteiger partial charge in [0, 0.05) is 17.4 Å². The molecule has 0 radical (unpaired) electrons. The molecular formula is C15H20O3. The van der Waals surface area contributed by atoms with Crippen molar-refractivity contribution >= 4 is 5.97 Å². The number of hydrogen-bond donors (Lipinski definition) is 1. The lowest BCUT2D eigenvalue weighted by Crippen LogP contribution is -2.40. The third-order valence-electron chi connectivity index (χ3n) is 5.00. The van der Waals surface area contributed by atoms with Gasteiger partial charge in [-0.25, -0.2) is 4.79 Å². The fraction of sp³-hybridized carbons (Fsp3) is 0.667. The molecule has 1 saturated heterocycles. The molecule has 4 atom stereocenters. The lowest BCUT2D eigenvalue weighted by Gasteiger charge is -2.32. The standard InChI is InChI=1S/C15H20O3/c1-8-4-5-11-9(2)14(16)18-13(11)12-10(8)6-7-15(12,3)17/h11-13,17H,2,4-7H2,1,3H3/t11-,12-,13+,15+/m0/s1. The summed E-state index contributed by atoms with van der Waals surface area (Å²) in [6, 6.07) is 0. The van der Waals surface area contributed by atoms with Crippen molar-refractivity contribution in [1.82, 2.24) is 0 Å². The van der Waals surface area contributed by atoms with Crippen LogP contribution in [0.1, 0.15) is 39.5 Å². The van der Waals surface area contributed by atoms with Gasteiger partial charge in [-0.1, -0.05) is 17.7 Å². The summed E-state index contributed by atoms with van der Waals surface area (Å²) in [5, 5.41) is 10.6. The molecule has 0 aromatic rings. The molecule has 2 fully saturated rings. The second kappa shape index (κ2) is 3.70. The number of allylic oxidation sites excluding steroid dienone is 1. The molecular weight excluding hydrogens is 228 g/mol. The number of esters is 1. The molecule has 0 amide bonds. The molecule has 1 aliphatic heterocycles. The number of fused-ring (bicyclic) bond motifs is 3. The molecule has 3 nitrogen and oxygen atoms in total. The van der Waals surface area contributed by atoms with Crippen molar-refractivity contribution in [3.8, 4) is 0 Å². The second-order valence-corrected chi connectivity index (χ2v) is 6.18. The molecule has 0 spiro atoms. The zero-order valence-corrected chi connectivity index (χ0v) is 11.0. The van der Waals surface area contributed by atoms with Gasteiger partial charge in [-0.2, -0.15) is 0 Å². The highest BCUT2D eigenvalue weighted by molar-refractivity contribution is 5.91. The number of carbonyl (C=O) groups is 1. The van der Waals surface area contributed by atoms with E-state index < -0.39 is 5.60 Å². The molecule has 2 aliphatic carbocycles. The first-order chi connectivity index (χ1) is 8.42. The van der Waals surface area contributed by atoms with E-state index in [-0.39, 0.29) is 23.9 Å². The maximum atomic E-state index is 11.7. The zero-order chi connectivity index (χ0) is 13.1. The Bertz CT molecular complexity index is 458. The molecule has 3 heteroatoms. The average Bonchev–Trinajstić information content (AvgIpc) is 2.69. The van der Waals surface area contributed by atoms with E-state index in [1.165, 1.54) is 11.1 Å². The molecule has 18 heavy (non-hydrogen) atoms. The minimum Gasteiger partial charge on any atom is -0.458 e. The summed E-state index contributed by atoms with van der Waals surface area (Å²) in [6.07, 6.45) is 3.39. The Morgan fingerprint density at radius 3 is 2.89 bits per heavy atom. The van der Waals surface area contributed by atoms with Crippen LogP contribution in [0.15, 0.2) is 23.3 Å². The minimum atomic E-state index is -0.755. The van der Waals surface area contributed by atoms with Crippen molar-refractivity contribution in [3.63, 3.8) is 0 Å². The van der Waals surface area contributed by atoms with Gasteiger partial charge >= 0.3 is 5.97 Å². The van der Waals surface area contributed by atoms with Crippen LogP contribution in [0.25, 0.3) is 0 Å². The molecule has 0 unspecified atom stereocenters. The van der Waals surface area contributed by atoms with Gasteiger partial charge in [0.25, 0.3) is 0 Å². The Hall–Kier alpha value is -1.09.